The van der Waals surface area contributed by atoms with Crippen molar-refractivity contribution < 1.29 is 9.53 Å². The number of carbonyl (C=O) groups excluding carboxylic acids is 1. The Morgan fingerprint density at radius 1 is 1.24 bits per heavy atom. The fourth-order valence-electron chi connectivity index (χ4n) is 1.92. The standard InChI is InChI=1S/C17H18BrNO2/c1-3-13-7-8-16(15(18)10-13)19-17(20)11-21-14-6-4-5-12(2)9-14/h4-10H,3,11H2,1-2H3,(H,19,20). The summed E-state index contributed by atoms with van der Waals surface area (Å²) in [6.45, 7) is 4.07. The summed E-state index contributed by atoms with van der Waals surface area (Å²) in [6, 6.07) is 13.5. The van der Waals surface area contributed by atoms with Crippen LogP contribution >= 0.6 is 15.9 Å². The summed E-state index contributed by atoms with van der Waals surface area (Å²) in [5.74, 6) is 0.520. The van der Waals surface area contributed by atoms with Crippen molar-refractivity contribution in [1.29, 1.82) is 0 Å². The molecule has 21 heavy (non-hydrogen) atoms. The molecule has 3 nitrogen and oxygen atoms in total. The maximum Gasteiger partial charge on any atom is 0.262 e. The second kappa shape index (κ2) is 7.27. The van der Waals surface area contributed by atoms with Gasteiger partial charge in [0, 0.05) is 4.47 Å². The fourth-order valence-corrected chi connectivity index (χ4v) is 2.45. The quantitative estimate of drug-likeness (QED) is 0.873. The first-order valence-electron chi connectivity index (χ1n) is 6.86. The van der Waals surface area contributed by atoms with E-state index in [2.05, 4.69) is 28.2 Å². The van der Waals surface area contributed by atoms with E-state index in [1.807, 2.05) is 49.4 Å². The number of hydrogen-bond acceptors (Lipinski definition) is 2. The van der Waals surface area contributed by atoms with Crippen LogP contribution in [0.1, 0.15) is 18.1 Å². The summed E-state index contributed by atoms with van der Waals surface area (Å²) < 4.78 is 6.36. The number of hydrogen-bond donors (Lipinski definition) is 1. The second-order valence-corrected chi connectivity index (χ2v) is 5.68. The van der Waals surface area contributed by atoms with Crippen molar-refractivity contribution in [3.05, 3.63) is 58.1 Å². The first kappa shape index (κ1) is 15.6. The molecule has 0 saturated heterocycles. The Hall–Kier alpha value is -1.81. The van der Waals surface area contributed by atoms with E-state index in [4.69, 9.17) is 4.74 Å². The summed E-state index contributed by atoms with van der Waals surface area (Å²) in [4.78, 5) is 11.9. The van der Waals surface area contributed by atoms with Crippen molar-refractivity contribution in [3.63, 3.8) is 0 Å². The molecular weight excluding hydrogens is 330 g/mol. The summed E-state index contributed by atoms with van der Waals surface area (Å²) >= 11 is 3.47. The maximum absolute atomic E-state index is 11.9. The molecule has 0 radical (unpaired) electrons. The van der Waals surface area contributed by atoms with Crippen LogP contribution in [0.4, 0.5) is 5.69 Å². The summed E-state index contributed by atoms with van der Waals surface area (Å²) in [5.41, 5.74) is 3.08. The van der Waals surface area contributed by atoms with Crippen LogP contribution in [0.2, 0.25) is 0 Å². The van der Waals surface area contributed by atoms with Crippen molar-refractivity contribution in [2.24, 2.45) is 0 Å². The number of ether oxygens (including phenoxy) is 1. The molecule has 0 unspecified atom stereocenters. The molecule has 0 heterocycles. The number of benzene rings is 2. The molecule has 0 aliphatic carbocycles. The third-order valence-electron chi connectivity index (χ3n) is 3.08. The Bertz CT molecular complexity index is 640. The molecule has 1 amide bonds. The van der Waals surface area contributed by atoms with Gasteiger partial charge in [-0.2, -0.15) is 0 Å². The molecule has 0 saturated carbocycles. The molecule has 0 fully saturated rings. The lowest BCUT2D eigenvalue weighted by molar-refractivity contribution is -0.118. The minimum absolute atomic E-state index is 0.00851. The minimum Gasteiger partial charge on any atom is -0.484 e. The number of amides is 1. The molecule has 0 spiro atoms. The zero-order valence-electron chi connectivity index (χ0n) is 12.2. The number of nitrogens with one attached hydrogen (secondary N) is 1. The van der Waals surface area contributed by atoms with Gasteiger partial charge in [0.2, 0.25) is 0 Å². The van der Waals surface area contributed by atoms with Crippen LogP contribution < -0.4 is 10.1 Å². The first-order valence-corrected chi connectivity index (χ1v) is 7.65. The van der Waals surface area contributed by atoms with Crippen LogP contribution in [0.25, 0.3) is 0 Å². The van der Waals surface area contributed by atoms with E-state index >= 15 is 0 Å². The normalized spacial score (nSPS) is 10.2. The van der Waals surface area contributed by atoms with E-state index in [1.54, 1.807) is 0 Å². The lowest BCUT2D eigenvalue weighted by Gasteiger charge is -2.10. The molecule has 2 rings (SSSR count). The molecule has 110 valence electrons. The average Bonchev–Trinajstić information content (AvgIpc) is 2.47. The maximum atomic E-state index is 11.9. The van der Waals surface area contributed by atoms with Gasteiger partial charge in [-0.15, -0.1) is 0 Å². The van der Waals surface area contributed by atoms with Crippen molar-refractivity contribution in [1.82, 2.24) is 0 Å². The van der Waals surface area contributed by atoms with Crippen LogP contribution in [0.3, 0.4) is 0 Å². The lowest BCUT2D eigenvalue weighted by atomic mass is 10.1. The van der Waals surface area contributed by atoms with E-state index in [9.17, 15) is 4.79 Å². The third kappa shape index (κ3) is 4.60. The smallest absolute Gasteiger partial charge is 0.262 e. The van der Waals surface area contributed by atoms with E-state index in [-0.39, 0.29) is 12.5 Å². The largest absolute Gasteiger partial charge is 0.484 e. The number of carbonyl (C=O) groups is 1. The minimum atomic E-state index is -0.179. The highest BCUT2D eigenvalue weighted by Crippen LogP contribution is 2.24. The van der Waals surface area contributed by atoms with Gasteiger partial charge in [0.15, 0.2) is 6.61 Å². The molecule has 0 atom stereocenters. The summed E-state index contributed by atoms with van der Waals surface area (Å²) in [6.07, 6.45) is 0.962. The van der Waals surface area contributed by atoms with Crippen molar-refractivity contribution >= 4 is 27.5 Å². The van der Waals surface area contributed by atoms with E-state index < -0.39 is 0 Å². The zero-order valence-corrected chi connectivity index (χ0v) is 13.7. The van der Waals surface area contributed by atoms with Crippen LogP contribution in [-0.2, 0) is 11.2 Å². The molecular formula is C17H18BrNO2. The highest BCUT2D eigenvalue weighted by molar-refractivity contribution is 9.10. The van der Waals surface area contributed by atoms with E-state index in [0.29, 0.717) is 5.75 Å². The molecule has 0 aliphatic rings. The topological polar surface area (TPSA) is 38.3 Å². The Kier molecular flexibility index (Phi) is 5.39. The second-order valence-electron chi connectivity index (χ2n) is 4.82. The van der Waals surface area contributed by atoms with Gasteiger partial charge in [0.1, 0.15) is 5.75 Å². The van der Waals surface area contributed by atoms with Crippen LogP contribution in [0, 0.1) is 6.92 Å². The SMILES string of the molecule is CCc1ccc(NC(=O)COc2cccc(C)c2)c(Br)c1. The molecule has 4 heteroatoms. The Balaban J connectivity index is 1.93. The highest BCUT2D eigenvalue weighted by atomic mass is 79.9. The Labute approximate surface area is 133 Å². The van der Waals surface area contributed by atoms with Crippen LogP contribution in [-0.4, -0.2) is 12.5 Å². The highest BCUT2D eigenvalue weighted by Gasteiger charge is 2.07. The molecule has 2 aromatic rings. The average molecular weight is 348 g/mol. The van der Waals surface area contributed by atoms with Gasteiger partial charge in [-0.25, -0.2) is 0 Å². The first-order chi connectivity index (χ1) is 10.1. The zero-order chi connectivity index (χ0) is 15.2. The van der Waals surface area contributed by atoms with Gasteiger partial charge >= 0.3 is 0 Å². The fraction of sp³-hybridized carbons (Fsp3) is 0.235. The van der Waals surface area contributed by atoms with Gasteiger partial charge in [0.05, 0.1) is 5.69 Å². The van der Waals surface area contributed by atoms with E-state index in [0.717, 1.165) is 22.1 Å². The van der Waals surface area contributed by atoms with Gasteiger partial charge < -0.3 is 10.1 Å². The Morgan fingerprint density at radius 2 is 2.05 bits per heavy atom. The van der Waals surface area contributed by atoms with Crippen molar-refractivity contribution in [2.75, 3.05) is 11.9 Å². The predicted molar refractivity (Wildman–Crippen MR) is 88.8 cm³/mol. The van der Waals surface area contributed by atoms with Gasteiger partial charge in [0.25, 0.3) is 5.91 Å². The predicted octanol–water partition coefficient (Wildman–Crippen LogP) is 4.34. The van der Waals surface area contributed by atoms with Gasteiger partial charge in [-0.05, 0) is 64.7 Å². The summed E-state index contributed by atoms with van der Waals surface area (Å²) in [7, 11) is 0. The van der Waals surface area contributed by atoms with E-state index in [1.165, 1.54) is 5.56 Å². The van der Waals surface area contributed by atoms with Crippen LogP contribution in [0.15, 0.2) is 46.9 Å². The monoisotopic (exact) mass is 347 g/mol. The van der Waals surface area contributed by atoms with Crippen molar-refractivity contribution in [3.8, 4) is 5.75 Å². The van der Waals surface area contributed by atoms with Gasteiger partial charge in [-0.3, -0.25) is 4.79 Å². The molecule has 0 aromatic heterocycles. The van der Waals surface area contributed by atoms with Gasteiger partial charge in [-0.1, -0.05) is 25.1 Å². The number of halogens is 1. The van der Waals surface area contributed by atoms with Crippen LogP contribution in [0.5, 0.6) is 5.75 Å². The lowest BCUT2D eigenvalue weighted by Crippen LogP contribution is -2.20. The molecule has 0 bridgehead atoms. The van der Waals surface area contributed by atoms with Crippen molar-refractivity contribution in [2.45, 2.75) is 20.3 Å². The Morgan fingerprint density at radius 3 is 2.71 bits per heavy atom. The molecule has 1 N–H and O–H groups in total. The number of anilines is 1. The number of rotatable bonds is 5. The molecule has 2 aromatic carbocycles. The third-order valence-corrected chi connectivity index (χ3v) is 3.73. The summed E-state index contributed by atoms with van der Waals surface area (Å²) in [5, 5.41) is 2.84. The molecule has 0 aliphatic heterocycles. The number of aryl methyl sites for hydroxylation is 2.